The van der Waals surface area contributed by atoms with Crippen LogP contribution in [0.2, 0.25) is 0 Å². The van der Waals surface area contributed by atoms with Gasteiger partial charge >= 0.3 is 5.97 Å². The normalized spacial score (nSPS) is 19.2. The van der Waals surface area contributed by atoms with Gasteiger partial charge < -0.3 is 15.0 Å². The van der Waals surface area contributed by atoms with Crippen LogP contribution < -0.4 is 5.32 Å². The number of likely N-dealkylation sites (tertiary alicyclic amines) is 1. The van der Waals surface area contributed by atoms with Crippen molar-refractivity contribution >= 4 is 95.7 Å². The van der Waals surface area contributed by atoms with Crippen molar-refractivity contribution in [2.45, 2.75) is 38.8 Å². The number of halogens is 3. The number of benzene rings is 2. The number of rotatable bonds is 10. The number of thiazole rings is 1. The van der Waals surface area contributed by atoms with E-state index in [1.807, 2.05) is 42.5 Å². The van der Waals surface area contributed by atoms with E-state index in [2.05, 4.69) is 16.9 Å². The molecule has 2 aromatic carbocycles. The molecule has 38 heavy (non-hydrogen) atoms. The molecular formula is C25H22Cl3N3O4S3. The summed E-state index contributed by atoms with van der Waals surface area (Å²) in [4.78, 5) is 45.1. The number of ether oxygens (including phenoxy) is 1. The van der Waals surface area contributed by atoms with Crippen LogP contribution in [0.4, 0.5) is 0 Å². The molecule has 200 valence electrons. The predicted octanol–water partition coefficient (Wildman–Crippen LogP) is 6.14. The monoisotopic (exact) mass is 629 g/mol. The Bertz CT molecular complexity index is 1330. The van der Waals surface area contributed by atoms with Crippen molar-refractivity contribution in [3.63, 3.8) is 0 Å². The summed E-state index contributed by atoms with van der Waals surface area (Å²) in [6.45, 7) is 4.73. The number of aromatic nitrogens is 1. The number of nitrogens with one attached hydrogen (secondary N) is 1. The van der Waals surface area contributed by atoms with Crippen molar-refractivity contribution < 1.29 is 19.1 Å². The number of alkyl halides is 3. The van der Waals surface area contributed by atoms with E-state index >= 15 is 0 Å². The number of allylic oxidation sites excluding steroid dienone is 1. The molecule has 0 bridgehead atoms. The Hall–Kier alpha value is -1.95. The van der Waals surface area contributed by atoms with E-state index in [9.17, 15) is 14.4 Å². The number of amides is 2. The third kappa shape index (κ3) is 6.97. The molecule has 1 saturated heterocycles. The third-order valence-electron chi connectivity index (χ3n) is 5.47. The average Bonchev–Trinajstić information content (AvgIpc) is 3.25. The minimum absolute atomic E-state index is 0.0236. The molecule has 13 heteroatoms. The number of para-hydroxylation sites is 1. The molecule has 1 aliphatic heterocycles. The maximum atomic E-state index is 13.6. The van der Waals surface area contributed by atoms with E-state index in [4.69, 9.17) is 39.5 Å². The van der Waals surface area contributed by atoms with E-state index in [0.717, 1.165) is 20.1 Å². The van der Waals surface area contributed by atoms with Crippen molar-refractivity contribution in [3.05, 3.63) is 72.5 Å². The largest absolute Gasteiger partial charge is 0.431 e. The summed E-state index contributed by atoms with van der Waals surface area (Å²) in [5.41, 5.74) is 0.0289. The van der Waals surface area contributed by atoms with Gasteiger partial charge in [-0.15, -0.1) is 11.3 Å². The third-order valence-corrected chi connectivity index (χ3v) is 10.00. The molecule has 1 fully saturated rings. The SMILES string of the molecule is C=C(C)OC(=O)CN1C(=O)C(CC(Cl)(Cl)Cl)(NC(=O)Cc2ccccc2)C1SSc1nc2ccccc2s1. The summed E-state index contributed by atoms with van der Waals surface area (Å²) in [7, 11) is 2.57. The molecule has 1 N–H and O–H groups in total. The van der Waals surface area contributed by atoms with Gasteiger partial charge in [-0.1, -0.05) is 94.6 Å². The Morgan fingerprint density at radius 1 is 1.18 bits per heavy atom. The topological polar surface area (TPSA) is 88.6 Å². The average molecular weight is 631 g/mol. The first kappa shape index (κ1) is 29.0. The lowest BCUT2D eigenvalue weighted by molar-refractivity contribution is -0.164. The number of β-lactam (4-membered cyclic amide) rings is 1. The molecule has 2 heterocycles. The van der Waals surface area contributed by atoms with Gasteiger partial charge in [-0.25, -0.2) is 9.78 Å². The van der Waals surface area contributed by atoms with Gasteiger partial charge in [0.2, 0.25) is 5.91 Å². The molecule has 2 amide bonds. The first-order valence-electron chi connectivity index (χ1n) is 11.2. The minimum atomic E-state index is -1.86. The predicted molar refractivity (Wildman–Crippen MR) is 155 cm³/mol. The molecule has 0 saturated carbocycles. The smallest absolute Gasteiger partial charge is 0.330 e. The van der Waals surface area contributed by atoms with E-state index < -0.39 is 32.5 Å². The van der Waals surface area contributed by atoms with Gasteiger partial charge in [0.25, 0.3) is 5.91 Å². The van der Waals surface area contributed by atoms with Crippen molar-refractivity contribution in [3.8, 4) is 0 Å². The zero-order chi connectivity index (χ0) is 27.5. The van der Waals surface area contributed by atoms with E-state index in [1.165, 1.54) is 44.7 Å². The van der Waals surface area contributed by atoms with Crippen molar-refractivity contribution in [1.29, 1.82) is 0 Å². The zero-order valence-electron chi connectivity index (χ0n) is 20.0. The molecule has 1 aromatic heterocycles. The molecule has 3 aromatic rings. The van der Waals surface area contributed by atoms with E-state index in [1.54, 1.807) is 12.1 Å². The second-order valence-electron chi connectivity index (χ2n) is 8.56. The highest BCUT2D eigenvalue weighted by Crippen LogP contribution is 2.52. The van der Waals surface area contributed by atoms with Crippen LogP contribution in [-0.2, 0) is 25.5 Å². The second-order valence-corrected chi connectivity index (χ2v) is 14.6. The van der Waals surface area contributed by atoms with Crippen LogP contribution in [0.1, 0.15) is 18.9 Å². The number of hydrogen-bond acceptors (Lipinski definition) is 8. The highest BCUT2D eigenvalue weighted by Gasteiger charge is 2.64. The van der Waals surface area contributed by atoms with Gasteiger partial charge in [-0.05, 0) is 35.4 Å². The quantitative estimate of drug-likeness (QED) is 0.0947. The minimum Gasteiger partial charge on any atom is -0.431 e. The molecule has 2 atom stereocenters. The van der Waals surface area contributed by atoms with Gasteiger partial charge in [0, 0.05) is 6.42 Å². The lowest BCUT2D eigenvalue weighted by atomic mass is 9.84. The lowest BCUT2D eigenvalue weighted by Crippen LogP contribution is -2.80. The summed E-state index contributed by atoms with van der Waals surface area (Å²) >= 11 is 20.0. The van der Waals surface area contributed by atoms with Crippen LogP contribution in [-0.4, -0.2) is 48.9 Å². The number of carbonyl (C=O) groups is 3. The maximum absolute atomic E-state index is 13.6. The van der Waals surface area contributed by atoms with Gasteiger partial charge in [-0.2, -0.15) is 0 Å². The van der Waals surface area contributed by atoms with Crippen molar-refractivity contribution in [1.82, 2.24) is 15.2 Å². The molecule has 0 spiro atoms. The summed E-state index contributed by atoms with van der Waals surface area (Å²) in [5.74, 6) is -1.44. The van der Waals surface area contributed by atoms with Crippen LogP contribution in [0.15, 0.2) is 71.3 Å². The van der Waals surface area contributed by atoms with Gasteiger partial charge in [0.15, 0.2) is 13.7 Å². The molecule has 4 rings (SSSR count). The number of hydrogen-bond donors (Lipinski definition) is 1. The van der Waals surface area contributed by atoms with Crippen LogP contribution in [0.3, 0.4) is 0 Å². The van der Waals surface area contributed by atoms with E-state index in [0.29, 0.717) is 0 Å². The summed E-state index contributed by atoms with van der Waals surface area (Å²) in [6.07, 6.45) is -0.274. The lowest BCUT2D eigenvalue weighted by Gasteiger charge is -2.55. The Morgan fingerprint density at radius 2 is 1.87 bits per heavy atom. The van der Waals surface area contributed by atoms with Crippen LogP contribution in [0, 0.1) is 0 Å². The van der Waals surface area contributed by atoms with E-state index in [-0.39, 0.29) is 25.1 Å². The fraction of sp³-hybridized carbons (Fsp3) is 0.280. The molecule has 7 nitrogen and oxygen atoms in total. The number of nitrogens with zero attached hydrogens (tertiary/aromatic N) is 2. The summed E-state index contributed by atoms with van der Waals surface area (Å²) < 4.78 is 4.94. The summed E-state index contributed by atoms with van der Waals surface area (Å²) in [5, 5.41) is 2.07. The fourth-order valence-electron chi connectivity index (χ4n) is 4.01. The molecule has 0 radical (unpaired) electrons. The highest BCUT2D eigenvalue weighted by atomic mass is 35.6. The molecule has 1 aliphatic rings. The summed E-state index contributed by atoms with van der Waals surface area (Å²) in [6, 6.07) is 16.8. The van der Waals surface area contributed by atoms with Crippen LogP contribution >= 0.6 is 67.7 Å². The standard InChI is InChI=1S/C25H22Cl3N3O4S3/c1-15(2)35-20(33)13-31-21(34)24(14-25(26,27)28,30-19(32)12-16-8-4-3-5-9-16)22(31)37-38-23-29-17-10-6-7-11-18(17)36-23/h3-11,22H,1,12-14H2,2H3,(H,30,32). The number of carbonyl (C=O) groups excluding carboxylic acids is 3. The number of esters is 1. The Labute approximate surface area is 246 Å². The van der Waals surface area contributed by atoms with Gasteiger partial charge in [-0.3, -0.25) is 9.59 Å². The van der Waals surface area contributed by atoms with Crippen molar-refractivity contribution in [2.75, 3.05) is 6.54 Å². The zero-order valence-corrected chi connectivity index (χ0v) is 24.7. The Balaban J connectivity index is 1.62. The Morgan fingerprint density at radius 3 is 2.53 bits per heavy atom. The van der Waals surface area contributed by atoms with Crippen LogP contribution in [0.25, 0.3) is 10.2 Å². The van der Waals surface area contributed by atoms with Gasteiger partial charge in [0.1, 0.15) is 11.9 Å². The van der Waals surface area contributed by atoms with Gasteiger partial charge in [0.05, 0.1) is 22.4 Å². The van der Waals surface area contributed by atoms with Crippen molar-refractivity contribution in [2.24, 2.45) is 0 Å². The second kappa shape index (κ2) is 12.1. The first-order valence-corrected chi connectivity index (χ1v) is 15.4. The number of fused-ring (bicyclic) bond motifs is 1. The first-order chi connectivity index (χ1) is 18.0. The fourth-order valence-corrected chi connectivity index (χ4v) is 8.83. The van der Waals surface area contributed by atoms with Crippen LogP contribution in [0.5, 0.6) is 0 Å². The maximum Gasteiger partial charge on any atom is 0.330 e. The molecule has 2 unspecified atom stereocenters. The molecule has 0 aliphatic carbocycles. The highest BCUT2D eigenvalue weighted by molar-refractivity contribution is 8.77. The Kier molecular flexibility index (Phi) is 9.22. The molecular weight excluding hydrogens is 609 g/mol.